The second-order valence-electron chi connectivity index (χ2n) is 7.90. The molecule has 0 radical (unpaired) electrons. The summed E-state index contributed by atoms with van der Waals surface area (Å²) in [4.78, 5) is 32.1. The summed E-state index contributed by atoms with van der Waals surface area (Å²) in [5, 5.41) is 1.14. The van der Waals surface area contributed by atoms with Crippen molar-refractivity contribution in [3.8, 4) is 5.69 Å². The number of amides is 2. The van der Waals surface area contributed by atoms with Crippen LogP contribution in [0, 0.1) is 0 Å². The van der Waals surface area contributed by atoms with E-state index in [2.05, 4.69) is 4.98 Å². The second-order valence-corrected chi connectivity index (χ2v) is 8.33. The minimum atomic E-state index is -2.71. The lowest BCUT2D eigenvalue weighted by Crippen LogP contribution is -2.42. The maximum absolute atomic E-state index is 13.4. The number of halogens is 3. The molecule has 1 aliphatic heterocycles. The van der Waals surface area contributed by atoms with Crippen LogP contribution < -0.4 is 4.90 Å². The third kappa shape index (κ3) is 4.78. The molecule has 2 aromatic heterocycles. The highest BCUT2D eigenvalue weighted by molar-refractivity contribution is 6.31. The first-order chi connectivity index (χ1) is 15.7. The molecule has 0 spiro atoms. The molecule has 0 saturated carbocycles. The fourth-order valence-corrected chi connectivity index (χ4v) is 4.01. The van der Waals surface area contributed by atoms with Crippen LogP contribution in [0.15, 0.2) is 42.7 Å². The average molecular weight is 477 g/mol. The van der Waals surface area contributed by atoms with Gasteiger partial charge in [-0.3, -0.25) is 9.69 Å². The number of fused-ring (bicyclic) bond motifs is 1. The third-order valence-electron chi connectivity index (χ3n) is 5.63. The van der Waals surface area contributed by atoms with E-state index in [9.17, 15) is 18.4 Å². The monoisotopic (exact) mass is 476 g/mol. The topological polar surface area (TPSA) is 67.7 Å². The van der Waals surface area contributed by atoms with Crippen LogP contribution in [0.4, 0.5) is 19.3 Å². The molecule has 33 heavy (non-hydrogen) atoms. The van der Waals surface area contributed by atoms with Crippen molar-refractivity contribution < 1.29 is 23.1 Å². The van der Waals surface area contributed by atoms with Crippen molar-refractivity contribution in [3.63, 3.8) is 0 Å². The minimum Gasteiger partial charge on any atom is -0.449 e. The Balaban J connectivity index is 1.62. The van der Waals surface area contributed by atoms with Crippen molar-refractivity contribution >= 4 is 40.3 Å². The van der Waals surface area contributed by atoms with Crippen LogP contribution in [0.3, 0.4) is 0 Å². The summed E-state index contributed by atoms with van der Waals surface area (Å²) in [6.07, 6.45) is 2.07. The Morgan fingerprint density at radius 3 is 2.64 bits per heavy atom. The lowest BCUT2D eigenvalue weighted by atomic mass is 10.1. The van der Waals surface area contributed by atoms with Gasteiger partial charge in [-0.15, -0.1) is 0 Å². The van der Waals surface area contributed by atoms with Gasteiger partial charge in [0.25, 0.3) is 11.8 Å². The van der Waals surface area contributed by atoms with Gasteiger partial charge in [-0.25, -0.2) is 18.6 Å². The van der Waals surface area contributed by atoms with Gasteiger partial charge in [0.2, 0.25) is 0 Å². The smallest absolute Gasteiger partial charge is 0.413 e. The summed E-state index contributed by atoms with van der Waals surface area (Å²) in [6.45, 7) is 2.02. The van der Waals surface area contributed by atoms with E-state index in [4.69, 9.17) is 16.3 Å². The van der Waals surface area contributed by atoms with Crippen LogP contribution >= 0.6 is 11.6 Å². The highest BCUT2D eigenvalue weighted by atomic mass is 35.5. The Labute approximate surface area is 194 Å². The summed E-state index contributed by atoms with van der Waals surface area (Å²) < 4.78 is 33.7. The first-order valence-corrected chi connectivity index (χ1v) is 10.9. The minimum absolute atomic E-state index is 0.0180. The van der Waals surface area contributed by atoms with Crippen LogP contribution in [0.5, 0.6) is 0 Å². The maximum Gasteiger partial charge on any atom is 0.413 e. The van der Waals surface area contributed by atoms with Gasteiger partial charge in [0, 0.05) is 55.8 Å². The molecule has 2 amide bonds. The van der Waals surface area contributed by atoms with Crippen LogP contribution in [0.2, 0.25) is 5.02 Å². The number of carbonyl (C=O) groups is 2. The molecule has 0 aliphatic carbocycles. The molecule has 4 rings (SSSR count). The molecule has 1 aromatic carbocycles. The lowest BCUT2D eigenvalue weighted by Gasteiger charge is -2.31. The molecule has 3 aromatic rings. The number of ether oxygens (including phenoxy) is 1. The van der Waals surface area contributed by atoms with Crippen molar-refractivity contribution in [2.75, 3.05) is 31.6 Å². The fourth-order valence-electron chi connectivity index (χ4n) is 3.79. The van der Waals surface area contributed by atoms with Gasteiger partial charge < -0.3 is 14.2 Å². The lowest BCUT2D eigenvalue weighted by molar-refractivity contribution is -0.0494. The number of likely N-dealkylation sites (tertiary alicyclic amines) is 1. The van der Waals surface area contributed by atoms with Gasteiger partial charge in [-0.2, -0.15) is 0 Å². The average Bonchev–Trinajstić information content (AvgIpc) is 3.21. The molecule has 1 fully saturated rings. The quantitative estimate of drug-likeness (QED) is 0.522. The molecule has 7 nitrogen and oxygen atoms in total. The first kappa shape index (κ1) is 23.0. The van der Waals surface area contributed by atoms with E-state index in [1.807, 2.05) is 0 Å². The standard InChI is InChI=1S/C23H23ClF2N4O3/c1-3-33-22(32)28(2)18-11-17(24)12-19(13-18)30-7-4-15-10-16(14-27-20(15)30)21(31)29-8-5-23(25,26)6-9-29/h4,7,10-14H,3,5-6,8-9H2,1-2H3. The molecule has 0 N–H and O–H groups in total. The van der Waals surface area contributed by atoms with Crippen LogP contribution in [0.1, 0.15) is 30.1 Å². The molecule has 3 heterocycles. The number of carbonyl (C=O) groups excluding carboxylic acids is 2. The second kappa shape index (κ2) is 8.97. The zero-order valence-electron chi connectivity index (χ0n) is 18.2. The Kier molecular flexibility index (Phi) is 6.25. The first-order valence-electron chi connectivity index (χ1n) is 10.5. The van der Waals surface area contributed by atoms with Crippen molar-refractivity contribution in [2.45, 2.75) is 25.7 Å². The van der Waals surface area contributed by atoms with Crippen LogP contribution in [-0.2, 0) is 4.74 Å². The van der Waals surface area contributed by atoms with E-state index in [0.717, 1.165) is 0 Å². The summed E-state index contributed by atoms with van der Waals surface area (Å²) in [5.41, 5.74) is 2.16. The molecule has 1 aliphatic rings. The Bertz CT molecular complexity index is 1200. The Morgan fingerprint density at radius 1 is 1.21 bits per heavy atom. The molecule has 10 heteroatoms. The van der Waals surface area contributed by atoms with E-state index < -0.39 is 12.0 Å². The van der Waals surface area contributed by atoms with Crippen molar-refractivity contribution in [1.29, 1.82) is 0 Å². The highest BCUT2D eigenvalue weighted by Crippen LogP contribution is 2.30. The molecular formula is C23H23ClF2N4O3. The molecule has 0 unspecified atom stereocenters. The molecule has 1 saturated heterocycles. The van der Waals surface area contributed by atoms with E-state index in [1.165, 1.54) is 16.0 Å². The predicted octanol–water partition coefficient (Wildman–Crippen LogP) is 5.14. The van der Waals surface area contributed by atoms with Gasteiger partial charge in [0.05, 0.1) is 23.5 Å². The highest BCUT2D eigenvalue weighted by Gasteiger charge is 2.35. The summed E-state index contributed by atoms with van der Waals surface area (Å²) in [7, 11) is 1.59. The largest absolute Gasteiger partial charge is 0.449 e. The number of aromatic nitrogens is 2. The predicted molar refractivity (Wildman–Crippen MR) is 122 cm³/mol. The number of pyridine rings is 1. The molecular weight excluding hydrogens is 454 g/mol. The van der Waals surface area contributed by atoms with E-state index in [0.29, 0.717) is 33.0 Å². The fraction of sp³-hybridized carbons (Fsp3) is 0.348. The summed E-state index contributed by atoms with van der Waals surface area (Å²) in [5.74, 6) is -3.03. The number of alkyl halides is 2. The van der Waals surface area contributed by atoms with Gasteiger partial charge >= 0.3 is 6.09 Å². The number of nitrogens with zero attached hydrogens (tertiary/aromatic N) is 4. The SMILES string of the molecule is CCOC(=O)N(C)c1cc(Cl)cc(-n2ccc3cc(C(=O)N4CCC(F)(F)CC4)cnc32)c1. The zero-order chi connectivity index (χ0) is 23.8. The van der Waals surface area contributed by atoms with Crippen molar-refractivity contribution in [1.82, 2.24) is 14.5 Å². The van der Waals surface area contributed by atoms with Crippen molar-refractivity contribution in [2.24, 2.45) is 0 Å². The van der Waals surface area contributed by atoms with Crippen molar-refractivity contribution in [3.05, 3.63) is 53.3 Å². The number of anilines is 1. The normalized spacial score (nSPS) is 15.5. The van der Waals surface area contributed by atoms with E-state index in [-0.39, 0.29) is 38.4 Å². The maximum atomic E-state index is 13.4. The Morgan fingerprint density at radius 2 is 1.94 bits per heavy atom. The number of benzene rings is 1. The molecule has 0 bridgehead atoms. The Hall–Kier alpha value is -3.20. The summed E-state index contributed by atoms with van der Waals surface area (Å²) >= 11 is 6.30. The van der Waals surface area contributed by atoms with Gasteiger partial charge in [-0.1, -0.05) is 11.6 Å². The van der Waals surface area contributed by atoms with Gasteiger partial charge in [0.1, 0.15) is 5.65 Å². The number of rotatable bonds is 4. The van der Waals surface area contributed by atoms with Crippen LogP contribution in [0.25, 0.3) is 16.7 Å². The van der Waals surface area contributed by atoms with E-state index >= 15 is 0 Å². The number of piperidine rings is 1. The molecule has 174 valence electrons. The van der Waals surface area contributed by atoms with Gasteiger partial charge in [0.15, 0.2) is 0 Å². The number of hydrogen-bond donors (Lipinski definition) is 0. The molecule has 0 atom stereocenters. The number of hydrogen-bond acceptors (Lipinski definition) is 4. The zero-order valence-corrected chi connectivity index (χ0v) is 19.0. The van der Waals surface area contributed by atoms with E-state index in [1.54, 1.807) is 55.1 Å². The third-order valence-corrected chi connectivity index (χ3v) is 5.85. The van der Waals surface area contributed by atoms with Gasteiger partial charge in [-0.05, 0) is 37.3 Å². The van der Waals surface area contributed by atoms with Crippen LogP contribution in [-0.4, -0.2) is 59.1 Å². The summed E-state index contributed by atoms with van der Waals surface area (Å²) in [6, 6.07) is 8.66.